The molecule has 0 bridgehead atoms. The molecule has 0 unspecified atom stereocenters. The third kappa shape index (κ3) is 4.15. The molecule has 126 valence electrons. The van der Waals surface area contributed by atoms with Gasteiger partial charge in [-0.25, -0.2) is 0 Å². The minimum Gasteiger partial charge on any atom is -0.477 e. The van der Waals surface area contributed by atoms with Crippen molar-refractivity contribution in [2.24, 2.45) is 0 Å². The van der Waals surface area contributed by atoms with Crippen molar-refractivity contribution in [2.45, 2.75) is 0 Å². The minimum atomic E-state index is -0.565. The van der Waals surface area contributed by atoms with Crippen LogP contribution in [0.2, 0.25) is 0 Å². The summed E-state index contributed by atoms with van der Waals surface area (Å²) in [6.45, 7) is -0.370. The molecule has 3 rings (SSSR count). The summed E-state index contributed by atoms with van der Waals surface area (Å²) < 4.78 is 5.23. The Hall–Kier alpha value is -3.33. The lowest BCUT2D eigenvalue weighted by Crippen LogP contribution is -2.20. The number of rotatable bonds is 6. The van der Waals surface area contributed by atoms with Crippen LogP contribution in [-0.4, -0.2) is 27.6 Å². The Labute approximate surface area is 146 Å². The summed E-state index contributed by atoms with van der Waals surface area (Å²) in [4.78, 5) is 22.3. The highest BCUT2D eigenvalue weighted by atomic mass is 32.1. The highest BCUT2D eigenvalue weighted by molar-refractivity contribution is 7.18. The molecule has 1 aromatic heterocycles. The normalized spacial score (nSPS) is 10.2. The van der Waals surface area contributed by atoms with E-state index in [0.29, 0.717) is 10.1 Å². The molecule has 9 heteroatoms. The third-order valence-electron chi connectivity index (χ3n) is 3.11. The number of nitro groups is 1. The first-order chi connectivity index (χ1) is 12.1. The van der Waals surface area contributed by atoms with Crippen LogP contribution in [0, 0.1) is 10.1 Å². The quantitative estimate of drug-likeness (QED) is 0.537. The van der Waals surface area contributed by atoms with Gasteiger partial charge in [0.15, 0.2) is 12.4 Å². The molecule has 8 nitrogen and oxygen atoms in total. The molecule has 2 aromatic carbocycles. The van der Waals surface area contributed by atoms with E-state index in [1.54, 1.807) is 6.07 Å². The highest BCUT2D eigenvalue weighted by Crippen LogP contribution is 2.27. The second-order valence-corrected chi connectivity index (χ2v) is 5.82. The summed E-state index contributed by atoms with van der Waals surface area (Å²) in [6, 6.07) is 15.3. The van der Waals surface area contributed by atoms with Gasteiger partial charge in [-0.15, -0.1) is 10.2 Å². The molecule has 0 saturated carbocycles. The zero-order valence-electron chi connectivity index (χ0n) is 12.8. The number of nitro benzene ring substituents is 1. The molecule has 1 N–H and O–H groups in total. The lowest BCUT2D eigenvalue weighted by molar-refractivity contribution is -0.385. The zero-order chi connectivity index (χ0) is 17.6. The number of carbonyl (C=O) groups excluding carboxylic acids is 1. The van der Waals surface area contributed by atoms with E-state index in [-0.39, 0.29) is 18.0 Å². The molecule has 1 amide bonds. The molecule has 0 atom stereocenters. The zero-order valence-corrected chi connectivity index (χ0v) is 13.6. The molecule has 0 aliphatic rings. The molecule has 0 saturated heterocycles. The number of aromatic nitrogens is 2. The number of para-hydroxylation sites is 2. The topological polar surface area (TPSA) is 107 Å². The first kappa shape index (κ1) is 16.5. The smallest absolute Gasteiger partial charge is 0.310 e. The summed E-state index contributed by atoms with van der Waals surface area (Å²) in [6.07, 6.45) is 0. The number of hydrogen-bond donors (Lipinski definition) is 1. The third-order valence-corrected chi connectivity index (χ3v) is 4.00. The number of hydrogen-bond acceptors (Lipinski definition) is 7. The van der Waals surface area contributed by atoms with E-state index in [9.17, 15) is 14.9 Å². The lowest BCUT2D eigenvalue weighted by Gasteiger charge is -2.05. The summed E-state index contributed by atoms with van der Waals surface area (Å²) >= 11 is 1.23. The maximum absolute atomic E-state index is 11.9. The molecule has 0 aliphatic carbocycles. The fraction of sp³-hybridized carbons (Fsp3) is 0.0625. The maximum Gasteiger partial charge on any atom is 0.310 e. The van der Waals surface area contributed by atoms with Crippen molar-refractivity contribution in [3.8, 4) is 16.3 Å². The Morgan fingerprint density at radius 3 is 2.60 bits per heavy atom. The second-order valence-electron chi connectivity index (χ2n) is 4.84. The van der Waals surface area contributed by atoms with Gasteiger partial charge >= 0.3 is 5.69 Å². The van der Waals surface area contributed by atoms with Crippen LogP contribution in [0.1, 0.15) is 0 Å². The molecule has 3 aromatic rings. The maximum atomic E-state index is 11.9. The molecular formula is C16H12N4O4S. The molecule has 25 heavy (non-hydrogen) atoms. The minimum absolute atomic E-state index is 0.0323. The van der Waals surface area contributed by atoms with Crippen LogP contribution in [0.3, 0.4) is 0 Å². The van der Waals surface area contributed by atoms with Crippen LogP contribution < -0.4 is 10.1 Å². The predicted octanol–water partition coefficient (Wildman–Crippen LogP) is 3.13. The fourth-order valence-corrected chi connectivity index (χ4v) is 2.77. The van der Waals surface area contributed by atoms with Gasteiger partial charge in [-0.3, -0.25) is 20.2 Å². The van der Waals surface area contributed by atoms with Gasteiger partial charge in [-0.1, -0.05) is 53.8 Å². The first-order valence-corrected chi connectivity index (χ1v) is 8.00. The average Bonchev–Trinajstić information content (AvgIpc) is 3.09. The van der Waals surface area contributed by atoms with Crippen LogP contribution in [0.4, 0.5) is 10.8 Å². The summed E-state index contributed by atoms with van der Waals surface area (Å²) in [5.74, 6) is -0.446. The lowest BCUT2D eigenvalue weighted by atomic mass is 10.2. The molecular weight excluding hydrogens is 344 g/mol. The van der Waals surface area contributed by atoms with E-state index in [1.165, 1.54) is 29.5 Å². The van der Waals surface area contributed by atoms with Gasteiger partial charge < -0.3 is 4.74 Å². The highest BCUT2D eigenvalue weighted by Gasteiger charge is 2.16. The van der Waals surface area contributed by atoms with E-state index in [0.717, 1.165) is 5.56 Å². The SMILES string of the molecule is O=C(COc1ccccc1[N+](=O)[O-])Nc1nnc(-c2ccccc2)s1. The van der Waals surface area contributed by atoms with Gasteiger partial charge in [-0.2, -0.15) is 0 Å². The van der Waals surface area contributed by atoms with Crippen molar-refractivity contribution >= 4 is 28.1 Å². The molecule has 0 fully saturated rings. The number of anilines is 1. The largest absolute Gasteiger partial charge is 0.477 e. The first-order valence-electron chi connectivity index (χ1n) is 7.18. The number of nitrogens with one attached hydrogen (secondary N) is 1. The molecule has 0 aliphatic heterocycles. The Balaban J connectivity index is 1.61. The number of carbonyl (C=O) groups is 1. The Bertz CT molecular complexity index is 898. The van der Waals surface area contributed by atoms with Crippen LogP contribution in [0.25, 0.3) is 10.6 Å². The molecule has 1 heterocycles. The summed E-state index contributed by atoms with van der Waals surface area (Å²) in [7, 11) is 0. The molecule has 0 spiro atoms. The number of nitrogens with zero attached hydrogens (tertiary/aromatic N) is 3. The van der Waals surface area contributed by atoms with Gasteiger partial charge in [0, 0.05) is 11.6 Å². The van der Waals surface area contributed by atoms with Crippen molar-refractivity contribution in [1.82, 2.24) is 10.2 Å². The van der Waals surface area contributed by atoms with E-state index in [2.05, 4.69) is 15.5 Å². The Morgan fingerprint density at radius 1 is 1.12 bits per heavy atom. The van der Waals surface area contributed by atoms with Gasteiger partial charge in [0.2, 0.25) is 5.13 Å². The van der Waals surface area contributed by atoms with E-state index in [4.69, 9.17) is 4.74 Å². The van der Waals surface area contributed by atoms with Crippen molar-refractivity contribution in [3.63, 3.8) is 0 Å². The van der Waals surface area contributed by atoms with Crippen molar-refractivity contribution < 1.29 is 14.5 Å². The van der Waals surface area contributed by atoms with E-state index in [1.807, 2.05) is 30.3 Å². The monoisotopic (exact) mass is 356 g/mol. The Kier molecular flexibility index (Phi) is 4.95. The summed E-state index contributed by atoms with van der Waals surface area (Å²) in [5, 5.41) is 22.4. The van der Waals surface area contributed by atoms with Gasteiger partial charge in [-0.05, 0) is 6.07 Å². The van der Waals surface area contributed by atoms with Crippen molar-refractivity contribution in [1.29, 1.82) is 0 Å². The fourth-order valence-electron chi connectivity index (χ4n) is 2.00. The number of benzene rings is 2. The van der Waals surface area contributed by atoms with Crippen LogP contribution >= 0.6 is 11.3 Å². The van der Waals surface area contributed by atoms with Crippen molar-refractivity contribution in [2.75, 3.05) is 11.9 Å². The number of amides is 1. The molecule has 0 radical (unpaired) electrons. The number of ether oxygens (including phenoxy) is 1. The average molecular weight is 356 g/mol. The standard InChI is InChI=1S/C16H12N4O4S/c21-14(10-24-13-9-5-4-8-12(13)20(22)23)17-16-19-18-15(25-16)11-6-2-1-3-7-11/h1-9H,10H2,(H,17,19,21). The predicted molar refractivity (Wildman–Crippen MR) is 92.6 cm³/mol. The van der Waals surface area contributed by atoms with Crippen LogP contribution in [0.15, 0.2) is 54.6 Å². The summed E-state index contributed by atoms with van der Waals surface area (Å²) in [5.41, 5.74) is 0.703. The van der Waals surface area contributed by atoms with Crippen molar-refractivity contribution in [3.05, 3.63) is 64.7 Å². The van der Waals surface area contributed by atoms with Gasteiger partial charge in [0.25, 0.3) is 5.91 Å². The van der Waals surface area contributed by atoms with Gasteiger partial charge in [0.05, 0.1) is 4.92 Å². The Morgan fingerprint density at radius 2 is 1.84 bits per heavy atom. The van der Waals surface area contributed by atoms with E-state index < -0.39 is 10.8 Å². The van der Waals surface area contributed by atoms with Gasteiger partial charge in [0.1, 0.15) is 5.01 Å². The van der Waals surface area contributed by atoms with Crippen LogP contribution in [-0.2, 0) is 4.79 Å². The second kappa shape index (κ2) is 7.49. The van der Waals surface area contributed by atoms with Crippen LogP contribution in [0.5, 0.6) is 5.75 Å². The van der Waals surface area contributed by atoms with E-state index >= 15 is 0 Å².